The van der Waals surface area contributed by atoms with Crippen molar-refractivity contribution in [1.82, 2.24) is 9.62 Å². The molecule has 0 radical (unpaired) electrons. The summed E-state index contributed by atoms with van der Waals surface area (Å²) in [7, 11) is -3.44. The monoisotopic (exact) mass is 331 g/mol. The van der Waals surface area contributed by atoms with Crippen LogP contribution in [0, 0.1) is 0 Å². The van der Waals surface area contributed by atoms with Gasteiger partial charge in [0.2, 0.25) is 5.91 Å². The lowest BCUT2D eigenvalue weighted by molar-refractivity contribution is -0.118. The van der Waals surface area contributed by atoms with E-state index < -0.39 is 10.0 Å². The van der Waals surface area contributed by atoms with Crippen LogP contribution in [-0.2, 0) is 21.2 Å². The Bertz CT molecular complexity index is 598. The van der Waals surface area contributed by atoms with Crippen molar-refractivity contribution in [3.63, 3.8) is 0 Å². The normalized spacial score (nSPS) is 19.8. The van der Waals surface area contributed by atoms with Gasteiger partial charge in [-0.25, -0.2) is 8.42 Å². The molecule has 0 spiro atoms. The molecule has 1 unspecified atom stereocenters. The lowest BCUT2D eigenvalue weighted by atomic mass is 10.2. The zero-order chi connectivity index (χ0) is 15.5. The van der Waals surface area contributed by atoms with E-state index in [2.05, 4.69) is 5.32 Å². The van der Waals surface area contributed by atoms with Crippen LogP contribution in [0.1, 0.15) is 24.6 Å². The van der Waals surface area contributed by atoms with Crippen LogP contribution in [0.2, 0.25) is 0 Å². The van der Waals surface area contributed by atoms with E-state index in [1.54, 1.807) is 6.07 Å². The van der Waals surface area contributed by atoms with Gasteiger partial charge >= 0.3 is 0 Å². The molecule has 1 fully saturated rings. The van der Waals surface area contributed by atoms with Crippen molar-refractivity contribution >= 4 is 27.3 Å². The largest absolute Gasteiger partial charge is 0.356 e. The molecule has 0 aromatic carbocycles. The van der Waals surface area contributed by atoms with Gasteiger partial charge in [-0.15, -0.1) is 11.3 Å². The van der Waals surface area contributed by atoms with Gasteiger partial charge in [0.05, 0.1) is 0 Å². The van der Waals surface area contributed by atoms with Crippen molar-refractivity contribution in [3.05, 3.63) is 17.0 Å². The van der Waals surface area contributed by atoms with Crippen LogP contribution >= 0.6 is 11.3 Å². The Labute approximate surface area is 129 Å². The SMILES string of the molecule is CC(=O)NCCc1ccc(S(=O)(=O)N2CCCC2CN)s1. The van der Waals surface area contributed by atoms with Crippen LogP contribution < -0.4 is 11.1 Å². The fourth-order valence-corrected chi connectivity index (χ4v) is 5.66. The van der Waals surface area contributed by atoms with Gasteiger partial charge in [0.15, 0.2) is 0 Å². The van der Waals surface area contributed by atoms with Crippen LogP contribution in [0.5, 0.6) is 0 Å². The summed E-state index contributed by atoms with van der Waals surface area (Å²) in [6, 6.07) is 3.38. The van der Waals surface area contributed by atoms with Crippen molar-refractivity contribution in [1.29, 1.82) is 0 Å². The number of nitrogens with one attached hydrogen (secondary N) is 1. The van der Waals surface area contributed by atoms with Crippen LogP contribution in [0.3, 0.4) is 0 Å². The molecule has 1 aromatic heterocycles. The third-order valence-electron chi connectivity index (χ3n) is 3.54. The number of nitrogens with zero attached hydrogens (tertiary/aromatic N) is 1. The standard InChI is InChI=1S/C13H21N3O3S2/c1-10(17)15-7-6-12-4-5-13(20-12)21(18,19)16-8-2-3-11(16)9-14/h4-5,11H,2-3,6-9,14H2,1H3,(H,15,17). The Morgan fingerprint density at radius 1 is 1.52 bits per heavy atom. The van der Waals surface area contributed by atoms with Gasteiger partial charge in [0.25, 0.3) is 10.0 Å². The zero-order valence-corrected chi connectivity index (χ0v) is 13.7. The fraction of sp³-hybridized carbons (Fsp3) is 0.615. The number of rotatable bonds is 6. The van der Waals surface area contributed by atoms with E-state index in [1.807, 2.05) is 6.07 Å². The molecule has 1 atom stereocenters. The van der Waals surface area contributed by atoms with Crippen molar-refractivity contribution in [3.8, 4) is 0 Å². The number of sulfonamides is 1. The molecule has 1 aliphatic rings. The van der Waals surface area contributed by atoms with Crippen LogP contribution in [0.4, 0.5) is 0 Å². The average molecular weight is 331 g/mol. The molecule has 0 bridgehead atoms. The Kier molecular flexibility index (Phi) is 5.37. The molecule has 6 nitrogen and oxygen atoms in total. The van der Waals surface area contributed by atoms with E-state index in [4.69, 9.17) is 5.73 Å². The molecule has 0 saturated carbocycles. The molecule has 1 aromatic rings. The highest BCUT2D eigenvalue weighted by atomic mass is 32.2. The van der Waals surface area contributed by atoms with E-state index in [0.29, 0.717) is 30.3 Å². The number of hydrogen-bond donors (Lipinski definition) is 2. The highest BCUT2D eigenvalue weighted by molar-refractivity contribution is 7.91. The summed E-state index contributed by atoms with van der Waals surface area (Å²) in [5.41, 5.74) is 5.66. The highest BCUT2D eigenvalue weighted by Crippen LogP contribution is 2.30. The fourth-order valence-electron chi connectivity index (χ4n) is 2.47. The van der Waals surface area contributed by atoms with Crippen LogP contribution in [0.25, 0.3) is 0 Å². The molecule has 0 aliphatic carbocycles. The van der Waals surface area contributed by atoms with Gasteiger partial charge in [-0.2, -0.15) is 4.31 Å². The molecule has 1 saturated heterocycles. The minimum Gasteiger partial charge on any atom is -0.356 e. The van der Waals surface area contributed by atoms with E-state index in [0.717, 1.165) is 17.7 Å². The summed E-state index contributed by atoms with van der Waals surface area (Å²) < 4.78 is 27.1. The minimum atomic E-state index is -3.44. The van der Waals surface area contributed by atoms with Crippen molar-refractivity contribution < 1.29 is 13.2 Å². The van der Waals surface area contributed by atoms with Crippen molar-refractivity contribution in [2.24, 2.45) is 5.73 Å². The van der Waals surface area contributed by atoms with E-state index in [9.17, 15) is 13.2 Å². The first-order valence-electron chi connectivity index (χ1n) is 7.00. The van der Waals surface area contributed by atoms with Gasteiger partial charge in [0.1, 0.15) is 4.21 Å². The summed E-state index contributed by atoms with van der Waals surface area (Å²) in [6.45, 7) is 2.89. The maximum Gasteiger partial charge on any atom is 0.252 e. The number of thiophene rings is 1. The van der Waals surface area contributed by atoms with E-state index >= 15 is 0 Å². The summed E-state index contributed by atoms with van der Waals surface area (Å²) in [6.07, 6.45) is 2.33. The summed E-state index contributed by atoms with van der Waals surface area (Å²) in [4.78, 5) is 11.8. The zero-order valence-electron chi connectivity index (χ0n) is 12.0. The Morgan fingerprint density at radius 3 is 2.95 bits per heavy atom. The summed E-state index contributed by atoms with van der Waals surface area (Å²) >= 11 is 1.27. The Hall–Kier alpha value is -0.960. The number of carbonyl (C=O) groups excluding carboxylic acids is 1. The number of nitrogens with two attached hydrogens (primary N) is 1. The number of carbonyl (C=O) groups is 1. The predicted molar refractivity (Wildman–Crippen MR) is 82.7 cm³/mol. The molecule has 8 heteroatoms. The molecular formula is C13H21N3O3S2. The first-order valence-corrected chi connectivity index (χ1v) is 9.26. The van der Waals surface area contributed by atoms with Crippen molar-refractivity contribution in [2.75, 3.05) is 19.6 Å². The van der Waals surface area contributed by atoms with Gasteiger partial charge in [-0.05, 0) is 31.4 Å². The first-order chi connectivity index (χ1) is 9.95. The first kappa shape index (κ1) is 16.4. The van der Waals surface area contributed by atoms with E-state index in [1.165, 1.54) is 22.6 Å². The second-order valence-electron chi connectivity index (χ2n) is 5.10. The van der Waals surface area contributed by atoms with Gasteiger partial charge in [0, 0.05) is 37.5 Å². The molecule has 1 aliphatic heterocycles. The van der Waals surface area contributed by atoms with Gasteiger partial charge < -0.3 is 11.1 Å². The number of amides is 1. The topological polar surface area (TPSA) is 92.5 Å². The molecule has 2 heterocycles. The second-order valence-corrected chi connectivity index (χ2v) is 8.39. The Morgan fingerprint density at radius 2 is 2.29 bits per heavy atom. The molecule has 3 N–H and O–H groups in total. The van der Waals surface area contributed by atoms with E-state index in [-0.39, 0.29) is 11.9 Å². The molecule has 118 valence electrons. The van der Waals surface area contributed by atoms with Crippen LogP contribution in [0.15, 0.2) is 16.3 Å². The highest BCUT2D eigenvalue weighted by Gasteiger charge is 2.35. The predicted octanol–water partition coefficient (Wildman–Crippen LogP) is 0.539. The lowest BCUT2D eigenvalue weighted by Crippen LogP contribution is -2.39. The maximum atomic E-state index is 12.6. The summed E-state index contributed by atoms with van der Waals surface area (Å²) in [5, 5.41) is 2.70. The third-order valence-corrected chi connectivity index (χ3v) is 7.10. The Balaban J connectivity index is 2.07. The molecule has 1 amide bonds. The second kappa shape index (κ2) is 6.87. The van der Waals surface area contributed by atoms with Crippen LogP contribution in [-0.4, -0.2) is 44.3 Å². The summed E-state index contributed by atoms with van der Waals surface area (Å²) in [5.74, 6) is -0.0812. The number of hydrogen-bond acceptors (Lipinski definition) is 5. The minimum absolute atomic E-state index is 0.0812. The average Bonchev–Trinajstić information content (AvgIpc) is 3.07. The quantitative estimate of drug-likeness (QED) is 0.796. The smallest absolute Gasteiger partial charge is 0.252 e. The molecule has 21 heavy (non-hydrogen) atoms. The maximum absolute atomic E-state index is 12.6. The third kappa shape index (κ3) is 3.82. The van der Waals surface area contributed by atoms with Gasteiger partial charge in [-0.1, -0.05) is 0 Å². The van der Waals surface area contributed by atoms with Crippen molar-refractivity contribution in [2.45, 2.75) is 36.4 Å². The van der Waals surface area contributed by atoms with Gasteiger partial charge in [-0.3, -0.25) is 4.79 Å². The molecular weight excluding hydrogens is 310 g/mol. The lowest BCUT2D eigenvalue weighted by Gasteiger charge is -2.21. The molecule has 2 rings (SSSR count).